The Morgan fingerprint density at radius 1 is 1.29 bits per heavy atom. The number of likely N-dealkylation sites (N-methyl/N-ethyl adjacent to an activating group) is 1. The molecule has 3 nitrogen and oxygen atoms in total. The van der Waals surface area contributed by atoms with Crippen LogP contribution in [0.25, 0.3) is 0 Å². The summed E-state index contributed by atoms with van der Waals surface area (Å²) in [6.07, 6.45) is 0.546. The lowest BCUT2D eigenvalue weighted by molar-refractivity contribution is -0.143. The topological polar surface area (TPSA) is 40.5 Å². The Morgan fingerprint density at radius 3 is 2.24 bits per heavy atom. The van der Waals surface area contributed by atoms with Crippen LogP contribution in [0.15, 0.2) is 28.7 Å². The van der Waals surface area contributed by atoms with E-state index in [0.29, 0.717) is 6.42 Å². The highest BCUT2D eigenvalue weighted by molar-refractivity contribution is 9.10. The van der Waals surface area contributed by atoms with Gasteiger partial charge >= 0.3 is 5.97 Å². The van der Waals surface area contributed by atoms with Crippen LogP contribution < -0.4 is 0 Å². The average molecular weight is 300 g/mol. The number of nitrogens with zero attached hydrogens (tertiary/aromatic N) is 1. The lowest BCUT2D eigenvalue weighted by Gasteiger charge is -2.26. The zero-order valence-corrected chi connectivity index (χ0v) is 11.8. The minimum absolute atomic E-state index is 0.439. The van der Waals surface area contributed by atoms with Gasteiger partial charge in [-0.1, -0.05) is 41.9 Å². The van der Waals surface area contributed by atoms with E-state index in [9.17, 15) is 9.90 Å². The summed E-state index contributed by atoms with van der Waals surface area (Å²) in [7, 11) is 0. The summed E-state index contributed by atoms with van der Waals surface area (Å²) in [5.74, 6) is -0.753. The highest BCUT2D eigenvalue weighted by atomic mass is 79.9. The van der Waals surface area contributed by atoms with Gasteiger partial charge in [0.25, 0.3) is 0 Å². The molecule has 1 unspecified atom stereocenters. The largest absolute Gasteiger partial charge is 0.480 e. The molecule has 1 aromatic rings. The monoisotopic (exact) mass is 299 g/mol. The third kappa shape index (κ3) is 4.13. The van der Waals surface area contributed by atoms with Crippen LogP contribution in [-0.2, 0) is 11.2 Å². The SMILES string of the molecule is CCN(CC)C(Cc1ccc(Br)cc1)C(=O)O. The molecule has 0 aliphatic rings. The van der Waals surface area contributed by atoms with Crippen molar-refractivity contribution >= 4 is 21.9 Å². The number of benzene rings is 1. The van der Waals surface area contributed by atoms with Gasteiger partial charge in [0, 0.05) is 4.47 Å². The summed E-state index contributed by atoms with van der Waals surface area (Å²) in [5, 5.41) is 9.27. The van der Waals surface area contributed by atoms with Crippen LogP contribution in [0.5, 0.6) is 0 Å². The van der Waals surface area contributed by atoms with Crippen LogP contribution in [0.2, 0.25) is 0 Å². The van der Waals surface area contributed by atoms with Gasteiger partial charge in [-0.2, -0.15) is 0 Å². The molecule has 94 valence electrons. The summed E-state index contributed by atoms with van der Waals surface area (Å²) in [5.41, 5.74) is 1.05. The van der Waals surface area contributed by atoms with Crippen molar-refractivity contribution < 1.29 is 9.90 Å². The molecule has 0 fully saturated rings. The number of hydrogen-bond acceptors (Lipinski definition) is 2. The molecule has 1 rings (SSSR count). The number of carbonyl (C=O) groups is 1. The van der Waals surface area contributed by atoms with E-state index in [4.69, 9.17) is 0 Å². The first-order valence-corrected chi connectivity index (χ1v) is 6.59. The lowest BCUT2D eigenvalue weighted by atomic mass is 10.0. The molecule has 4 heteroatoms. The molecule has 0 saturated carbocycles. The Morgan fingerprint density at radius 2 is 1.82 bits per heavy atom. The van der Waals surface area contributed by atoms with Gasteiger partial charge in [0.15, 0.2) is 0 Å². The van der Waals surface area contributed by atoms with Gasteiger partial charge < -0.3 is 5.11 Å². The highest BCUT2D eigenvalue weighted by Gasteiger charge is 2.23. The van der Waals surface area contributed by atoms with Gasteiger partial charge in [-0.15, -0.1) is 0 Å². The molecule has 0 spiro atoms. The Kier molecular flexibility index (Phi) is 5.65. The fourth-order valence-corrected chi connectivity index (χ4v) is 2.15. The molecule has 0 radical (unpaired) electrons. The number of carboxylic acids is 1. The van der Waals surface area contributed by atoms with Crippen LogP contribution in [0.3, 0.4) is 0 Å². The van der Waals surface area contributed by atoms with Crippen molar-refractivity contribution in [3.63, 3.8) is 0 Å². The number of rotatable bonds is 6. The third-order valence-electron chi connectivity index (χ3n) is 2.88. The predicted octanol–water partition coefficient (Wildman–Crippen LogP) is 2.79. The first-order valence-electron chi connectivity index (χ1n) is 5.79. The van der Waals surface area contributed by atoms with Gasteiger partial charge in [-0.05, 0) is 37.2 Å². The quantitative estimate of drug-likeness (QED) is 0.878. The first kappa shape index (κ1) is 14.2. The van der Waals surface area contributed by atoms with Crippen molar-refractivity contribution in [2.24, 2.45) is 0 Å². The Labute approximate surface area is 111 Å². The van der Waals surface area contributed by atoms with E-state index in [1.807, 2.05) is 43.0 Å². The van der Waals surface area contributed by atoms with Gasteiger partial charge in [0.05, 0.1) is 0 Å². The minimum Gasteiger partial charge on any atom is -0.480 e. The van der Waals surface area contributed by atoms with Crippen molar-refractivity contribution in [1.29, 1.82) is 0 Å². The molecular weight excluding hydrogens is 282 g/mol. The summed E-state index contributed by atoms with van der Waals surface area (Å²) in [6, 6.07) is 7.37. The normalized spacial score (nSPS) is 12.7. The van der Waals surface area contributed by atoms with Crippen LogP contribution in [0.1, 0.15) is 19.4 Å². The fourth-order valence-electron chi connectivity index (χ4n) is 1.88. The van der Waals surface area contributed by atoms with Crippen LogP contribution in [-0.4, -0.2) is 35.1 Å². The highest BCUT2D eigenvalue weighted by Crippen LogP contribution is 2.14. The maximum Gasteiger partial charge on any atom is 0.321 e. The molecule has 0 saturated heterocycles. The lowest BCUT2D eigenvalue weighted by Crippen LogP contribution is -2.42. The van der Waals surface area contributed by atoms with Crippen molar-refractivity contribution in [3.05, 3.63) is 34.3 Å². The van der Waals surface area contributed by atoms with E-state index in [1.165, 1.54) is 0 Å². The minimum atomic E-state index is -0.753. The second-order valence-corrected chi connectivity index (χ2v) is 4.82. The number of aliphatic carboxylic acids is 1. The van der Waals surface area contributed by atoms with Gasteiger partial charge in [0.2, 0.25) is 0 Å². The third-order valence-corrected chi connectivity index (χ3v) is 3.41. The molecule has 1 N–H and O–H groups in total. The Hall–Kier alpha value is -0.870. The van der Waals surface area contributed by atoms with E-state index in [0.717, 1.165) is 23.1 Å². The molecule has 1 atom stereocenters. The van der Waals surface area contributed by atoms with Crippen molar-refractivity contribution in [3.8, 4) is 0 Å². The van der Waals surface area contributed by atoms with Crippen LogP contribution in [0.4, 0.5) is 0 Å². The Bertz CT molecular complexity index is 360. The number of hydrogen-bond donors (Lipinski definition) is 1. The molecule has 0 aliphatic heterocycles. The van der Waals surface area contributed by atoms with E-state index in [-0.39, 0.29) is 0 Å². The summed E-state index contributed by atoms with van der Waals surface area (Å²) < 4.78 is 1.01. The van der Waals surface area contributed by atoms with Crippen molar-refractivity contribution in [2.75, 3.05) is 13.1 Å². The molecule has 0 aromatic heterocycles. The average Bonchev–Trinajstić information content (AvgIpc) is 2.31. The van der Waals surface area contributed by atoms with Crippen LogP contribution >= 0.6 is 15.9 Å². The van der Waals surface area contributed by atoms with E-state index < -0.39 is 12.0 Å². The standard InChI is InChI=1S/C13H18BrNO2/c1-3-15(4-2)12(13(16)17)9-10-5-7-11(14)8-6-10/h5-8,12H,3-4,9H2,1-2H3,(H,16,17). The maximum absolute atomic E-state index is 11.3. The van der Waals surface area contributed by atoms with Crippen molar-refractivity contribution in [1.82, 2.24) is 4.90 Å². The molecule has 0 bridgehead atoms. The van der Waals surface area contributed by atoms with E-state index in [1.54, 1.807) is 0 Å². The summed E-state index contributed by atoms with van der Waals surface area (Å²) >= 11 is 3.37. The molecule has 0 amide bonds. The van der Waals surface area contributed by atoms with Gasteiger partial charge in [0.1, 0.15) is 6.04 Å². The van der Waals surface area contributed by atoms with Crippen molar-refractivity contribution in [2.45, 2.75) is 26.3 Å². The molecular formula is C13H18BrNO2. The second-order valence-electron chi connectivity index (χ2n) is 3.91. The van der Waals surface area contributed by atoms with E-state index >= 15 is 0 Å². The zero-order valence-electron chi connectivity index (χ0n) is 10.2. The fraction of sp³-hybridized carbons (Fsp3) is 0.462. The first-order chi connectivity index (χ1) is 8.08. The number of carboxylic acid groups (broad SMARTS) is 1. The molecule has 0 heterocycles. The molecule has 17 heavy (non-hydrogen) atoms. The summed E-state index contributed by atoms with van der Waals surface area (Å²) in [6.45, 7) is 5.48. The maximum atomic E-state index is 11.3. The molecule has 1 aromatic carbocycles. The van der Waals surface area contributed by atoms with Gasteiger partial charge in [-0.3, -0.25) is 9.69 Å². The Balaban J connectivity index is 2.79. The van der Waals surface area contributed by atoms with Crippen LogP contribution in [0, 0.1) is 0 Å². The predicted molar refractivity (Wildman–Crippen MR) is 72.2 cm³/mol. The molecule has 0 aliphatic carbocycles. The summed E-state index contributed by atoms with van der Waals surface area (Å²) in [4.78, 5) is 13.2. The number of halogens is 1. The van der Waals surface area contributed by atoms with Gasteiger partial charge in [-0.25, -0.2) is 0 Å². The zero-order chi connectivity index (χ0) is 12.8. The van der Waals surface area contributed by atoms with E-state index in [2.05, 4.69) is 15.9 Å². The second kappa shape index (κ2) is 6.77. The smallest absolute Gasteiger partial charge is 0.321 e.